The lowest BCUT2D eigenvalue weighted by molar-refractivity contribution is -0.385. The smallest absolute Gasteiger partial charge is 0.306 e. The number of carbonyl (C=O) groups is 1. The molecule has 25 heavy (non-hydrogen) atoms. The molecule has 1 heterocycles. The van der Waals surface area contributed by atoms with Gasteiger partial charge in [-0.3, -0.25) is 25.0 Å². The summed E-state index contributed by atoms with van der Waals surface area (Å²) < 4.78 is 6.38. The summed E-state index contributed by atoms with van der Waals surface area (Å²) in [7, 11) is 1.54. The summed E-state index contributed by atoms with van der Waals surface area (Å²) in [4.78, 5) is 22.2. The van der Waals surface area contributed by atoms with E-state index in [1.807, 2.05) is 0 Å². The zero-order chi connectivity index (χ0) is 18.4. The molecule has 2 aromatic rings. The van der Waals surface area contributed by atoms with Gasteiger partial charge in [0.1, 0.15) is 18.1 Å². The number of rotatable bonds is 6. The Labute approximate surface area is 148 Å². The fourth-order valence-corrected chi connectivity index (χ4v) is 2.10. The molecule has 2 rings (SSSR count). The molecule has 0 atom stereocenters. The molecule has 0 radical (unpaired) electrons. The first kappa shape index (κ1) is 18.1. The highest BCUT2D eigenvalue weighted by molar-refractivity contribution is 7.80. The van der Waals surface area contributed by atoms with Crippen molar-refractivity contribution in [3.05, 3.63) is 46.8 Å². The second-order valence-corrected chi connectivity index (χ2v) is 5.29. The van der Waals surface area contributed by atoms with Gasteiger partial charge in [-0.15, -0.1) is 0 Å². The normalized spacial score (nSPS) is 10.1. The average molecular weight is 364 g/mol. The van der Waals surface area contributed by atoms with Crippen molar-refractivity contribution >= 4 is 34.6 Å². The molecule has 3 N–H and O–H groups in total. The van der Waals surface area contributed by atoms with Crippen LogP contribution in [0.15, 0.2) is 36.7 Å². The number of hydrogen-bond donors (Lipinski definition) is 2. The van der Waals surface area contributed by atoms with Crippen LogP contribution in [-0.4, -0.2) is 32.8 Å². The van der Waals surface area contributed by atoms with Crippen LogP contribution in [0.25, 0.3) is 0 Å². The molecule has 0 saturated carbocycles. The van der Waals surface area contributed by atoms with Crippen LogP contribution in [0.5, 0.6) is 5.75 Å². The van der Waals surface area contributed by atoms with Gasteiger partial charge in [-0.25, -0.2) is 5.01 Å². The number of nitrogens with zero attached hydrogens (tertiary/aromatic N) is 4. The van der Waals surface area contributed by atoms with Gasteiger partial charge in [-0.2, -0.15) is 5.10 Å². The van der Waals surface area contributed by atoms with Gasteiger partial charge in [0.05, 0.1) is 24.3 Å². The van der Waals surface area contributed by atoms with E-state index in [1.165, 1.54) is 15.9 Å². The van der Waals surface area contributed by atoms with Gasteiger partial charge in [0, 0.05) is 6.42 Å². The Morgan fingerprint density at radius 2 is 2.16 bits per heavy atom. The fraction of sp³-hybridized carbons (Fsp3) is 0.214. The predicted molar refractivity (Wildman–Crippen MR) is 93.9 cm³/mol. The van der Waals surface area contributed by atoms with Gasteiger partial charge in [-0.1, -0.05) is 0 Å². The number of ether oxygens (including phenoxy) is 1. The zero-order valence-electron chi connectivity index (χ0n) is 13.3. The monoisotopic (exact) mass is 364 g/mol. The summed E-state index contributed by atoms with van der Waals surface area (Å²) in [6.07, 6.45) is 2.41. The lowest BCUT2D eigenvalue weighted by Crippen LogP contribution is -2.49. The second kappa shape index (κ2) is 8.06. The van der Waals surface area contributed by atoms with Crippen molar-refractivity contribution in [2.45, 2.75) is 13.0 Å². The van der Waals surface area contributed by atoms with Crippen LogP contribution >= 0.6 is 12.2 Å². The summed E-state index contributed by atoms with van der Waals surface area (Å²) in [5, 5.41) is 15.7. The number of hydrazine groups is 1. The molecule has 11 heteroatoms. The summed E-state index contributed by atoms with van der Waals surface area (Å²) in [6, 6.07) is 6.79. The topological polar surface area (TPSA) is 129 Å². The third-order valence-corrected chi connectivity index (χ3v) is 3.37. The van der Waals surface area contributed by atoms with Crippen LogP contribution in [0.1, 0.15) is 6.42 Å². The van der Waals surface area contributed by atoms with E-state index in [-0.39, 0.29) is 29.7 Å². The van der Waals surface area contributed by atoms with Crippen LogP contribution in [0.4, 0.5) is 11.4 Å². The molecule has 0 fully saturated rings. The Balaban J connectivity index is 1.97. The van der Waals surface area contributed by atoms with Crippen LogP contribution in [0.2, 0.25) is 0 Å². The first-order chi connectivity index (χ1) is 11.9. The summed E-state index contributed by atoms with van der Waals surface area (Å²) in [5.74, 6) is 0.278. The SMILES string of the molecule is COc1ccc(N(NC(=O)CCn2cc([N+](=O)[O-])cn2)C(N)=S)cc1. The number of benzene rings is 1. The third-order valence-electron chi connectivity index (χ3n) is 3.19. The maximum Gasteiger partial charge on any atom is 0.306 e. The van der Waals surface area contributed by atoms with Crippen LogP contribution in [-0.2, 0) is 11.3 Å². The van der Waals surface area contributed by atoms with Crippen molar-refractivity contribution in [3.8, 4) is 5.75 Å². The highest BCUT2D eigenvalue weighted by Gasteiger charge is 2.14. The fourth-order valence-electron chi connectivity index (χ4n) is 1.94. The number of aromatic nitrogens is 2. The van der Waals surface area contributed by atoms with Crippen molar-refractivity contribution < 1.29 is 14.5 Å². The number of nitrogens with one attached hydrogen (secondary N) is 1. The van der Waals surface area contributed by atoms with E-state index < -0.39 is 4.92 Å². The van der Waals surface area contributed by atoms with Gasteiger partial charge in [0.2, 0.25) is 5.91 Å². The Hall–Kier alpha value is -3.21. The summed E-state index contributed by atoms with van der Waals surface area (Å²) >= 11 is 4.95. The minimum Gasteiger partial charge on any atom is -0.497 e. The minimum atomic E-state index is -0.554. The summed E-state index contributed by atoms with van der Waals surface area (Å²) in [6.45, 7) is 0.174. The Kier molecular flexibility index (Phi) is 5.84. The van der Waals surface area contributed by atoms with Crippen molar-refractivity contribution in [2.24, 2.45) is 5.73 Å². The largest absolute Gasteiger partial charge is 0.497 e. The van der Waals surface area contributed by atoms with E-state index in [9.17, 15) is 14.9 Å². The molecular weight excluding hydrogens is 348 g/mol. The number of nitro groups is 1. The van der Waals surface area contributed by atoms with Crippen molar-refractivity contribution in [1.82, 2.24) is 15.2 Å². The number of thiocarbonyl (C=S) groups is 1. The number of anilines is 1. The van der Waals surface area contributed by atoms with Crippen LogP contribution in [0.3, 0.4) is 0 Å². The predicted octanol–water partition coefficient (Wildman–Crippen LogP) is 0.971. The van der Waals surface area contributed by atoms with E-state index >= 15 is 0 Å². The lowest BCUT2D eigenvalue weighted by atomic mass is 10.3. The summed E-state index contributed by atoms with van der Waals surface area (Å²) in [5.41, 5.74) is 8.66. The molecule has 1 aromatic carbocycles. The van der Waals surface area contributed by atoms with Gasteiger partial charge < -0.3 is 10.5 Å². The Morgan fingerprint density at radius 1 is 1.48 bits per heavy atom. The highest BCUT2D eigenvalue weighted by Crippen LogP contribution is 2.18. The van der Waals surface area contributed by atoms with Crippen molar-refractivity contribution in [1.29, 1.82) is 0 Å². The standard InChI is InChI=1S/C14H16N6O4S/c1-24-12-4-2-10(3-5-12)19(14(15)25)17-13(21)6-7-18-9-11(8-16-18)20(22)23/h2-5,8-9H,6-7H2,1H3,(H2,15,25)(H,17,21). The molecule has 0 aliphatic rings. The van der Waals surface area contributed by atoms with E-state index in [0.717, 1.165) is 6.20 Å². The highest BCUT2D eigenvalue weighted by atomic mass is 32.1. The average Bonchev–Trinajstić information content (AvgIpc) is 3.07. The number of methoxy groups -OCH3 is 1. The molecule has 0 spiro atoms. The van der Waals surface area contributed by atoms with Crippen LogP contribution in [0, 0.1) is 10.1 Å². The Bertz CT molecular complexity index is 776. The lowest BCUT2D eigenvalue weighted by Gasteiger charge is -2.23. The van der Waals surface area contributed by atoms with E-state index in [4.69, 9.17) is 22.7 Å². The number of nitrogens with two attached hydrogens (primary N) is 1. The molecule has 1 aromatic heterocycles. The first-order valence-electron chi connectivity index (χ1n) is 7.10. The molecule has 0 saturated heterocycles. The molecule has 1 amide bonds. The van der Waals surface area contributed by atoms with Crippen molar-refractivity contribution in [3.63, 3.8) is 0 Å². The van der Waals surface area contributed by atoms with E-state index in [1.54, 1.807) is 31.4 Å². The van der Waals surface area contributed by atoms with Gasteiger partial charge in [0.15, 0.2) is 5.11 Å². The second-order valence-electron chi connectivity index (χ2n) is 4.88. The molecule has 0 unspecified atom stereocenters. The number of amides is 1. The zero-order valence-corrected chi connectivity index (χ0v) is 14.1. The molecule has 0 aliphatic heterocycles. The number of carbonyl (C=O) groups excluding carboxylic acids is 1. The Morgan fingerprint density at radius 3 is 2.68 bits per heavy atom. The molecule has 0 bridgehead atoms. The van der Waals surface area contributed by atoms with Gasteiger partial charge >= 0.3 is 5.69 Å². The maximum atomic E-state index is 12.1. The van der Waals surface area contributed by atoms with Crippen LogP contribution < -0.4 is 20.9 Å². The molecule has 132 valence electrons. The molecule has 10 nitrogen and oxygen atoms in total. The van der Waals surface area contributed by atoms with E-state index in [0.29, 0.717) is 11.4 Å². The number of aryl methyl sites for hydroxylation is 1. The van der Waals surface area contributed by atoms with Crippen molar-refractivity contribution in [2.75, 3.05) is 12.1 Å². The third kappa shape index (κ3) is 4.88. The first-order valence-corrected chi connectivity index (χ1v) is 7.51. The van der Waals surface area contributed by atoms with Gasteiger partial charge in [-0.05, 0) is 36.5 Å². The number of hydrogen-bond acceptors (Lipinski definition) is 6. The maximum absolute atomic E-state index is 12.1. The molecule has 0 aliphatic carbocycles. The molecular formula is C14H16N6O4S. The quantitative estimate of drug-likeness (QED) is 0.441. The van der Waals surface area contributed by atoms with Gasteiger partial charge in [0.25, 0.3) is 0 Å². The van der Waals surface area contributed by atoms with E-state index in [2.05, 4.69) is 10.5 Å². The minimum absolute atomic E-state index is 0.0340.